The Bertz CT molecular complexity index is 643. The van der Waals surface area contributed by atoms with Crippen LogP contribution in [0, 0.1) is 13.8 Å². The van der Waals surface area contributed by atoms with Crippen molar-refractivity contribution in [2.45, 2.75) is 51.7 Å². The highest BCUT2D eigenvalue weighted by molar-refractivity contribution is 5.96. The van der Waals surface area contributed by atoms with Crippen molar-refractivity contribution in [1.29, 1.82) is 0 Å². The Morgan fingerprint density at radius 3 is 2.52 bits per heavy atom. The van der Waals surface area contributed by atoms with Crippen LogP contribution in [0.3, 0.4) is 0 Å². The van der Waals surface area contributed by atoms with E-state index in [2.05, 4.69) is 25.5 Å². The van der Waals surface area contributed by atoms with Crippen LogP contribution < -0.4 is 10.1 Å². The van der Waals surface area contributed by atoms with E-state index in [1.807, 2.05) is 13.8 Å². The maximum absolute atomic E-state index is 12.4. The van der Waals surface area contributed by atoms with Gasteiger partial charge < -0.3 is 10.1 Å². The monoisotopic (exact) mass is 315 g/mol. The molecule has 2 heterocycles. The minimum absolute atomic E-state index is 0.0514. The second-order valence-electron chi connectivity index (χ2n) is 5.91. The number of aromatic amines is 1. The SMILES string of the molecule is Cc1n[nH]c(C)c1C(=O)NC1CCC(Oc2ncccn2)CC1. The summed E-state index contributed by atoms with van der Waals surface area (Å²) in [6, 6.07) is 2.36. The van der Waals surface area contributed by atoms with Gasteiger partial charge in [-0.1, -0.05) is 0 Å². The first-order chi connectivity index (χ1) is 11.1. The van der Waals surface area contributed by atoms with Gasteiger partial charge >= 0.3 is 6.01 Å². The molecule has 23 heavy (non-hydrogen) atoms. The van der Waals surface area contributed by atoms with Gasteiger partial charge in [0.1, 0.15) is 6.10 Å². The zero-order chi connectivity index (χ0) is 16.2. The van der Waals surface area contributed by atoms with Crippen LogP contribution >= 0.6 is 0 Å². The third kappa shape index (κ3) is 3.67. The Balaban J connectivity index is 1.50. The predicted molar refractivity (Wildman–Crippen MR) is 84.2 cm³/mol. The molecule has 122 valence electrons. The molecule has 0 atom stereocenters. The second kappa shape index (κ2) is 6.76. The minimum Gasteiger partial charge on any atom is -0.460 e. The maximum atomic E-state index is 12.4. The van der Waals surface area contributed by atoms with Gasteiger partial charge in [0.05, 0.1) is 11.3 Å². The largest absolute Gasteiger partial charge is 0.460 e. The number of carbonyl (C=O) groups is 1. The van der Waals surface area contributed by atoms with Crippen molar-refractivity contribution in [3.63, 3.8) is 0 Å². The summed E-state index contributed by atoms with van der Waals surface area (Å²) < 4.78 is 5.77. The van der Waals surface area contributed by atoms with Gasteiger partial charge in [0, 0.05) is 24.1 Å². The van der Waals surface area contributed by atoms with Crippen LogP contribution in [0.25, 0.3) is 0 Å². The van der Waals surface area contributed by atoms with Gasteiger partial charge in [0.25, 0.3) is 5.91 Å². The summed E-state index contributed by atoms with van der Waals surface area (Å²) in [6.07, 6.45) is 6.99. The molecule has 0 bridgehead atoms. The van der Waals surface area contributed by atoms with Gasteiger partial charge in [-0.05, 0) is 45.6 Å². The van der Waals surface area contributed by atoms with Crippen molar-refractivity contribution in [3.05, 3.63) is 35.4 Å². The van der Waals surface area contributed by atoms with E-state index < -0.39 is 0 Å². The van der Waals surface area contributed by atoms with E-state index >= 15 is 0 Å². The van der Waals surface area contributed by atoms with Crippen molar-refractivity contribution in [2.24, 2.45) is 0 Å². The van der Waals surface area contributed by atoms with E-state index in [0.29, 0.717) is 11.6 Å². The van der Waals surface area contributed by atoms with E-state index in [9.17, 15) is 4.79 Å². The molecule has 1 aliphatic carbocycles. The summed E-state index contributed by atoms with van der Waals surface area (Å²) in [4.78, 5) is 20.5. The van der Waals surface area contributed by atoms with Crippen LogP contribution in [0.1, 0.15) is 47.4 Å². The molecule has 2 N–H and O–H groups in total. The van der Waals surface area contributed by atoms with Crippen molar-refractivity contribution >= 4 is 5.91 Å². The molecule has 3 rings (SSSR count). The van der Waals surface area contributed by atoms with Crippen molar-refractivity contribution in [2.75, 3.05) is 0 Å². The van der Waals surface area contributed by atoms with E-state index in [0.717, 1.165) is 37.1 Å². The van der Waals surface area contributed by atoms with Crippen LogP contribution in [0.15, 0.2) is 18.5 Å². The lowest BCUT2D eigenvalue weighted by Crippen LogP contribution is -2.40. The van der Waals surface area contributed by atoms with Gasteiger partial charge in [0.2, 0.25) is 0 Å². The molecule has 0 aromatic carbocycles. The Morgan fingerprint density at radius 2 is 1.91 bits per heavy atom. The van der Waals surface area contributed by atoms with Crippen LogP contribution in [0.5, 0.6) is 6.01 Å². The van der Waals surface area contributed by atoms with E-state index in [1.54, 1.807) is 18.5 Å². The molecular weight excluding hydrogens is 294 g/mol. The van der Waals surface area contributed by atoms with Crippen LogP contribution in [-0.2, 0) is 0 Å². The highest BCUT2D eigenvalue weighted by Crippen LogP contribution is 2.22. The quantitative estimate of drug-likeness (QED) is 0.899. The molecule has 1 amide bonds. The average Bonchev–Trinajstić information content (AvgIpc) is 2.89. The summed E-state index contributed by atoms with van der Waals surface area (Å²) in [5.41, 5.74) is 2.19. The molecule has 7 heteroatoms. The fourth-order valence-corrected chi connectivity index (χ4v) is 2.96. The molecule has 1 saturated carbocycles. The lowest BCUT2D eigenvalue weighted by molar-refractivity contribution is 0.0884. The van der Waals surface area contributed by atoms with E-state index in [4.69, 9.17) is 4.74 Å². The molecule has 2 aromatic rings. The highest BCUT2D eigenvalue weighted by atomic mass is 16.5. The summed E-state index contributed by atoms with van der Waals surface area (Å²) in [7, 11) is 0. The summed E-state index contributed by atoms with van der Waals surface area (Å²) in [5.74, 6) is -0.0514. The number of H-pyrrole nitrogens is 1. The van der Waals surface area contributed by atoms with Crippen LogP contribution in [0.2, 0.25) is 0 Å². The number of nitrogens with zero attached hydrogens (tertiary/aromatic N) is 3. The first-order valence-electron chi connectivity index (χ1n) is 7.89. The smallest absolute Gasteiger partial charge is 0.316 e. The van der Waals surface area contributed by atoms with Crippen LogP contribution in [0.4, 0.5) is 0 Å². The second-order valence-corrected chi connectivity index (χ2v) is 5.91. The Morgan fingerprint density at radius 1 is 1.22 bits per heavy atom. The lowest BCUT2D eigenvalue weighted by Gasteiger charge is -2.28. The number of carbonyl (C=O) groups excluding carboxylic acids is 1. The zero-order valence-corrected chi connectivity index (χ0v) is 13.4. The average molecular weight is 315 g/mol. The van der Waals surface area contributed by atoms with Crippen molar-refractivity contribution in [1.82, 2.24) is 25.5 Å². The fourth-order valence-electron chi connectivity index (χ4n) is 2.96. The molecule has 7 nitrogen and oxygen atoms in total. The Hall–Kier alpha value is -2.44. The molecular formula is C16H21N5O2. The number of aryl methyl sites for hydroxylation is 2. The van der Waals surface area contributed by atoms with Gasteiger partial charge in [-0.2, -0.15) is 5.10 Å². The minimum atomic E-state index is -0.0514. The topological polar surface area (TPSA) is 92.8 Å². The first kappa shape index (κ1) is 15.5. The van der Waals surface area contributed by atoms with E-state index in [-0.39, 0.29) is 18.1 Å². The maximum Gasteiger partial charge on any atom is 0.316 e. The summed E-state index contributed by atoms with van der Waals surface area (Å²) in [5, 5.41) is 10.0. The summed E-state index contributed by atoms with van der Waals surface area (Å²) in [6.45, 7) is 3.70. The van der Waals surface area contributed by atoms with Crippen molar-refractivity contribution < 1.29 is 9.53 Å². The van der Waals surface area contributed by atoms with Crippen LogP contribution in [-0.4, -0.2) is 38.2 Å². The number of ether oxygens (including phenoxy) is 1. The third-order valence-electron chi connectivity index (χ3n) is 4.18. The van der Waals surface area contributed by atoms with E-state index in [1.165, 1.54) is 0 Å². The standard InChI is InChI=1S/C16H21N5O2/c1-10-14(11(2)21-20-10)15(22)19-12-4-6-13(7-5-12)23-16-17-8-3-9-18-16/h3,8-9,12-13H,4-7H2,1-2H3,(H,19,22)(H,20,21). The predicted octanol–water partition coefficient (Wildman–Crippen LogP) is 1.94. The molecule has 0 unspecified atom stereocenters. The molecule has 0 saturated heterocycles. The van der Waals surface area contributed by atoms with Gasteiger partial charge in [-0.15, -0.1) is 0 Å². The molecule has 0 aliphatic heterocycles. The molecule has 0 radical (unpaired) electrons. The molecule has 2 aromatic heterocycles. The first-order valence-corrected chi connectivity index (χ1v) is 7.89. The van der Waals surface area contributed by atoms with Gasteiger partial charge in [0.15, 0.2) is 0 Å². The molecule has 0 spiro atoms. The number of amides is 1. The normalized spacial score (nSPS) is 21.0. The zero-order valence-electron chi connectivity index (χ0n) is 13.4. The molecule has 1 fully saturated rings. The number of nitrogens with one attached hydrogen (secondary N) is 2. The number of hydrogen-bond donors (Lipinski definition) is 2. The fraction of sp³-hybridized carbons (Fsp3) is 0.500. The molecule has 1 aliphatic rings. The number of aromatic nitrogens is 4. The number of hydrogen-bond acceptors (Lipinski definition) is 5. The van der Waals surface area contributed by atoms with Gasteiger partial charge in [-0.25, -0.2) is 9.97 Å². The number of rotatable bonds is 4. The Labute approximate surface area is 134 Å². The lowest BCUT2D eigenvalue weighted by atomic mass is 9.92. The van der Waals surface area contributed by atoms with Crippen molar-refractivity contribution in [3.8, 4) is 6.01 Å². The third-order valence-corrected chi connectivity index (χ3v) is 4.18. The Kier molecular flexibility index (Phi) is 4.55. The summed E-state index contributed by atoms with van der Waals surface area (Å²) >= 11 is 0. The van der Waals surface area contributed by atoms with Gasteiger partial charge in [-0.3, -0.25) is 9.89 Å². The highest BCUT2D eigenvalue weighted by Gasteiger charge is 2.25.